The van der Waals surface area contributed by atoms with Crippen molar-refractivity contribution in [3.05, 3.63) is 55.1 Å². The highest BCUT2D eigenvalue weighted by Gasteiger charge is 2.50. The molecule has 41 heavy (non-hydrogen) atoms. The highest BCUT2D eigenvalue weighted by atomic mass is 32.2. The summed E-state index contributed by atoms with van der Waals surface area (Å²) in [4.78, 5) is 25.1. The first-order valence-corrected chi connectivity index (χ1v) is 16.0. The number of aliphatic hydroxyl groups excluding tert-OH is 3. The number of likely N-dealkylation sites (tertiary alicyclic amines) is 1. The molecule has 4 heterocycles. The number of fused-ring (bicyclic) bond motifs is 1. The van der Waals surface area contributed by atoms with Crippen LogP contribution in [0.3, 0.4) is 0 Å². The first-order valence-electron chi connectivity index (χ1n) is 13.8. The van der Waals surface area contributed by atoms with E-state index in [2.05, 4.69) is 21.4 Å². The molecule has 7 unspecified atom stereocenters. The number of ether oxygens (including phenoxy) is 2. The smallest absolute Gasteiger partial charge is 0.240 e. The number of likely N-dealkylation sites (N-methyl/N-ethyl adjacent to an activating group) is 1. The molecule has 222 valence electrons. The van der Waals surface area contributed by atoms with E-state index in [0.29, 0.717) is 6.61 Å². The van der Waals surface area contributed by atoms with E-state index in [0.717, 1.165) is 29.0 Å². The Morgan fingerprint density at radius 1 is 1.07 bits per heavy atom. The minimum absolute atomic E-state index is 0.211. The van der Waals surface area contributed by atoms with Gasteiger partial charge < -0.3 is 30.1 Å². The van der Waals surface area contributed by atoms with Crippen LogP contribution in [0.25, 0.3) is 11.1 Å². The van der Waals surface area contributed by atoms with Crippen molar-refractivity contribution in [1.29, 1.82) is 0 Å². The molecule has 10 nitrogen and oxygen atoms in total. The van der Waals surface area contributed by atoms with Gasteiger partial charge in [0.15, 0.2) is 0 Å². The Morgan fingerprint density at radius 2 is 1.80 bits per heavy atom. The largest absolute Gasteiger partial charge is 0.388 e. The van der Waals surface area contributed by atoms with Gasteiger partial charge in [0.2, 0.25) is 5.91 Å². The molecule has 3 aliphatic heterocycles. The Morgan fingerprint density at radius 3 is 2.51 bits per heavy atom. The van der Waals surface area contributed by atoms with Crippen LogP contribution in [0.4, 0.5) is 0 Å². The quantitative estimate of drug-likeness (QED) is 0.259. The third-order valence-corrected chi connectivity index (χ3v) is 10.2. The molecule has 4 N–H and O–H groups in total. The number of carbonyl (C=O) groups excluding carboxylic acids is 1. The normalized spacial score (nSPS) is 33.5. The number of hydrogen-bond acceptors (Lipinski definition) is 11. The second-order valence-corrected chi connectivity index (χ2v) is 13.2. The molecule has 1 amide bonds. The summed E-state index contributed by atoms with van der Waals surface area (Å²) in [5.41, 5.74) is 1.14. The lowest BCUT2D eigenvalue weighted by Crippen LogP contribution is -2.65. The number of carbonyl (C=O) groups is 1. The van der Waals surface area contributed by atoms with Gasteiger partial charge in [-0.05, 0) is 37.4 Å². The highest BCUT2D eigenvalue weighted by Crippen LogP contribution is 2.35. The Labute approximate surface area is 248 Å². The van der Waals surface area contributed by atoms with Gasteiger partial charge in [0.1, 0.15) is 42.2 Å². The molecule has 0 spiro atoms. The van der Waals surface area contributed by atoms with E-state index >= 15 is 0 Å². The van der Waals surface area contributed by atoms with Crippen LogP contribution in [0.1, 0.15) is 13.3 Å². The molecule has 0 saturated carbocycles. The summed E-state index contributed by atoms with van der Waals surface area (Å²) in [6.45, 7) is 3.16. The lowest BCUT2D eigenvalue weighted by atomic mass is 9.92. The van der Waals surface area contributed by atoms with Crippen LogP contribution in [-0.2, 0) is 14.3 Å². The molecule has 0 bridgehead atoms. The molecule has 12 heteroatoms. The summed E-state index contributed by atoms with van der Waals surface area (Å²) in [5.74, 6) is -0.00136. The lowest BCUT2D eigenvalue weighted by Gasteiger charge is -2.45. The fourth-order valence-electron chi connectivity index (χ4n) is 5.93. The molecule has 1 aromatic heterocycles. The van der Waals surface area contributed by atoms with Crippen LogP contribution in [0.5, 0.6) is 0 Å². The van der Waals surface area contributed by atoms with Gasteiger partial charge in [-0.2, -0.15) is 0 Å². The zero-order valence-electron chi connectivity index (χ0n) is 23.3. The van der Waals surface area contributed by atoms with Crippen molar-refractivity contribution in [2.24, 2.45) is 5.92 Å². The van der Waals surface area contributed by atoms with E-state index in [1.807, 2.05) is 49.2 Å². The van der Waals surface area contributed by atoms with Gasteiger partial charge in [0, 0.05) is 40.6 Å². The minimum atomic E-state index is -1.41. The number of allylic oxidation sites excluding steroid dienone is 1. The molecule has 5 rings (SSSR count). The van der Waals surface area contributed by atoms with Gasteiger partial charge in [0.25, 0.3) is 0 Å². The zero-order chi connectivity index (χ0) is 29.1. The number of aliphatic hydroxyl groups is 3. The average Bonchev–Trinajstić information content (AvgIpc) is 3.13. The number of aromatic nitrogens is 2. The third kappa shape index (κ3) is 6.65. The minimum Gasteiger partial charge on any atom is -0.388 e. The Kier molecular flexibility index (Phi) is 10.0. The Bertz CT molecular complexity index is 1190. The van der Waals surface area contributed by atoms with Crippen LogP contribution in [0.2, 0.25) is 0 Å². The fourth-order valence-corrected chi connectivity index (χ4v) is 7.70. The number of hydrogen-bond donors (Lipinski definition) is 4. The second kappa shape index (κ2) is 13.5. The highest BCUT2D eigenvalue weighted by molar-refractivity contribution is 8.00. The second-order valence-electron chi connectivity index (χ2n) is 10.8. The van der Waals surface area contributed by atoms with Crippen molar-refractivity contribution in [3.8, 4) is 11.1 Å². The van der Waals surface area contributed by atoms with Crippen molar-refractivity contribution < 1.29 is 29.6 Å². The summed E-state index contributed by atoms with van der Waals surface area (Å²) in [7, 11) is 1.92. The van der Waals surface area contributed by atoms with Gasteiger partial charge in [0.05, 0.1) is 18.8 Å². The molecule has 0 aliphatic carbocycles. The van der Waals surface area contributed by atoms with Crippen molar-refractivity contribution >= 4 is 29.4 Å². The molecule has 3 aliphatic rings. The predicted octanol–water partition coefficient (Wildman–Crippen LogP) is 1.55. The zero-order valence-corrected chi connectivity index (χ0v) is 24.9. The van der Waals surface area contributed by atoms with E-state index in [-0.39, 0.29) is 23.2 Å². The number of rotatable bonds is 8. The van der Waals surface area contributed by atoms with E-state index < -0.39 is 41.9 Å². The number of nitrogens with one attached hydrogen (secondary N) is 1. The summed E-state index contributed by atoms with van der Waals surface area (Å²) in [6, 6.07) is 6.78. The van der Waals surface area contributed by atoms with Gasteiger partial charge in [-0.1, -0.05) is 31.2 Å². The number of amides is 1. The first kappa shape index (κ1) is 30.4. The molecule has 10 atom stereocenters. The first-order chi connectivity index (χ1) is 19.8. The molecule has 2 aromatic rings. The monoisotopic (exact) mass is 602 g/mol. The van der Waals surface area contributed by atoms with Gasteiger partial charge in [-0.25, -0.2) is 9.97 Å². The van der Waals surface area contributed by atoms with E-state index in [1.165, 1.54) is 29.9 Å². The SMILES string of the molecule is CSC1OC([C@H](NC(=O)C2C3OCC=CC[C@H]3CN2C)[C@H](C)Sc2ccc(-c3cncnc3)cc2)C(O)C(O)C1O. The maximum atomic E-state index is 13.9. The number of benzene rings is 1. The van der Waals surface area contributed by atoms with Crippen molar-refractivity contribution in [1.82, 2.24) is 20.2 Å². The van der Waals surface area contributed by atoms with Crippen molar-refractivity contribution in [2.45, 2.75) is 71.5 Å². The molecular formula is C29H38N4O6S2. The summed E-state index contributed by atoms with van der Waals surface area (Å²) in [5, 5.41) is 35.1. The summed E-state index contributed by atoms with van der Waals surface area (Å²) >= 11 is 2.78. The van der Waals surface area contributed by atoms with Gasteiger partial charge in [-0.15, -0.1) is 23.5 Å². The molecule has 2 saturated heterocycles. The molecule has 0 radical (unpaired) electrons. The van der Waals surface area contributed by atoms with Crippen LogP contribution in [0.15, 0.2) is 60.0 Å². The molecule has 2 fully saturated rings. The third-order valence-electron chi connectivity index (χ3n) is 8.11. The summed E-state index contributed by atoms with van der Waals surface area (Å²) < 4.78 is 12.2. The van der Waals surface area contributed by atoms with Crippen LogP contribution in [-0.4, -0.2) is 116 Å². The van der Waals surface area contributed by atoms with Crippen LogP contribution < -0.4 is 5.32 Å². The Balaban J connectivity index is 1.38. The predicted molar refractivity (Wildman–Crippen MR) is 158 cm³/mol. The van der Waals surface area contributed by atoms with Gasteiger partial charge >= 0.3 is 0 Å². The number of thioether (sulfide) groups is 2. The maximum absolute atomic E-state index is 13.9. The van der Waals surface area contributed by atoms with Crippen molar-refractivity contribution in [2.75, 3.05) is 26.5 Å². The van der Waals surface area contributed by atoms with Gasteiger partial charge in [-0.3, -0.25) is 9.69 Å². The van der Waals surface area contributed by atoms with E-state index in [9.17, 15) is 20.1 Å². The number of nitrogens with zero attached hydrogens (tertiary/aromatic N) is 3. The van der Waals surface area contributed by atoms with Crippen LogP contribution >= 0.6 is 23.5 Å². The average molecular weight is 603 g/mol. The van der Waals surface area contributed by atoms with E-state index in [4.69, 9.17) is 9.47 Å². The summed E-state index contributed by atoms with van der Waals surface area (Å²) in [6.07, 6.45) is 6.47. The fraction of sp³-hybridized carbons (Fsp3) is 0.552. The lowest BCUT2D eigenvalue weighted by molar-refractivity contribution is -0.205. The van der Waals surface area contributed by atoms with E-state index in [1.54, 1.807) is 18.6 Å². The standard InChI is InChI=1S/C29H38N4O6S2/c1-16(41-20-9-7-17(8-10-20)19-12-30-15-31-13-19)21(27-24(35)23(34)25(36)29(39-27)40-3)32-28(37)22-26-18(14-33(22)2)6-4-5-11-38-26/h4-5,7-10,12-13,15-16,18,21-27,29,34-36H,6,11,14H2,1-3H3,(H,32,37)/t16-,18-,21+,22?,23?,24?,25?,26?,27?,29?/m0/s1. The molecular weight excluding hydrogens is 564 g/mol. The van der Waals surface area contributed by atoms with Crippen LogP contribution in [0, 0.1) is 5.92 Å². The van der Waals surface area contributed by atoms with Crippen molar-refractivity contribution in [3.63, 3.8) is 0 Å². The Hall–Kier alpha value is -2.03. The topological polar surface area (TPSA) is 137 Å². The molecule has 1 aromatic carbocycles. The maximum Gasteiger partial charge on any atom is 0.240 e.